The van der Waals surface area contributed by atoms with E-state index in [0.717, 1.165) is 43.5 Å². The van der Waals surface area contributed by atoms with Crippen molar-refractivity contribution in [3.63, 3.8) is 0 Å². The van der Waals surface area contributed by atoms with Crippen LogP contribution in [0.2, 0.25) is 25.1 Å². The van der Waals surface area contributed by atoms with Gasteiger partial charge in [-0.3, -0.25) is 9.44 Å². The summed E-state index contributed by atoms with van der Waals surface area (Å²) < 4.78 is 132. The van der Waals surface area contributed by atoms with E-state index in [1.807, 2.05) is 84.9 Å². The zero-order chi connectivity index (χ0) is 48.5. The molecule has 0 aliphatic carbocycles. The number of nitrogens with one attached hydrogen (secondary N) is 2. The fourth-order valence-electron chi connectivity index (χ4n) is 6.28. The van der Waals surface area contributed by atoms with Crippen molar-refractivity contribution >= 4 is 134 Å². The molecule has 0 atom stereocenters. The Balaban J connectivity index is 0.000000199. The van der Waals surface area contributed by atoms with Crippen molar-refractivity contribution in [1.29, 1.82) is 0 Å². The van der Waals surface area contributed by atoms with Gasteiger partial charge < -0.3 is 0 Å². The van der Waals surface area contributed by atoms with Crippen molar-refractivity contribution < 1.29 is 43.2 Å². The van der Waals surface area contributed by atoms with E-state index in [1.54, 1.807) is 6.07 Å². The van der Waals surface area contributed by atoms with Crippen molar-refractivity contribution in [2.75, 3.05) is 9.44 Å². The van der Waals surface area contributed by atoms with E-state index < -0.39 is 63.4 Å². The molecule has 0 spiro atoms. The Morgan fingerprint density at radius 3 is 1.25 bits per heavy atom. The molecule has 0 saturated heterocycles. The van der Waals surface area contributed by atoms with Gasteiger partial charge in [-0.25, -0.2) is 16.8 Å². The average molecular weight is 1090 g/mol. The Morgan fingerprint density at radius 1 is 0.403 bits per heavy atom. The van der Waals surface area contributed by atoms with Crippen LogP contribution in [0.3, 0.4) is 0 Å². The first-order valence-electron chi connectivity index (χ1n) is 18.9. The van der Waals surface area contributed by atoms with Gasteiger partial charge in [0.15, 0.2) is 0 Å². The summed E-state index contributed by atoms with van der Waals surface area (Å²) in [5.41, 5.74) is -1.91. The highest BCUT2D eigenvalue weighted by atomic mass is 35.5. The molecular formula is C46H27Cl5F6N2O4S4. The van der Waals surface area contributed by atoms with Crippen LogP contribution in [-0.4, -0.2) is 16.8 Å². The molecule has 0 saturated carbocycles. The number of alkyl halides is 6. The van der Waals surface area contributed by atoms with Gasteiger partial charge in [-0.1, -0.05) is 142 Å². The van der Waals surface area contributed by atoms with Gasteiger partial charge in [0.25, 0.3) is 20.0 Å². The molecule has 0 aromatic heterocycles. The quantitative estimate of drug-likeness (QED) is 0.133. The zero-order valence-corrected chi connectivity index (χ0v) is 40.4. The van der Waals surface area contributed by atoms with E-state index in [9.17, 15) is 43.2 Å². The summed E-state index contributed by atoms with van der Waals surface area (Å²) in [6.07, 6.45) is -9.29. The lowest BCUT2D eigenvalue weighted by molar-refractivity contribution is -0.138. The van der Waals surface area contributed by atoms with Crippen LogP contribution in [0.25, 0.3) is 21.5 Å². The van der Waals surface area contributed by atoms with Crippen LogP contribution in [0.4, 0.5) is 37.7 Å². The van der Waals surface area contributed by atoms with Crippen molar-refractivity contribution in [2.45, 2.75) is 41.7 Å². The molecular weight excluding hydrogens is 1060 g/mol. The normalized spacial score (nSPS) is 12.2. The van der Waals surface area contributed by atoms with Crippen molar-refractivity contribution in [2.24, 2.45) is 0 Å². The van der Waals surface area contributed by atoms with E-state index in [2.05, 4.69) is 9.44 Å². The average Bonchev–Trinajstić information content (AvgIpc) is 3.25. The molecule has 0 aliphatic heterocycles. The monoisotopic (exact) mass is 1090 g/mol. The predicted molar refractivity (Wildman–Crippen MR) is 259 cm³/mol. The lowest BCUT2D eigenvalue weighted by Gasteiger charge is -2.14. The topological polar surface area (TPSA) is 92.3 Å². The Bertz CT molecular complexity index is 3390. The summed E-state index contributed by atoms with van der Waals surface area (Å²) in [5, 5.41) is 3.91. The largest absolute Gasteiger partial charge is 0.416 e. The first-order chi connectivity index (χ1) is 31.5. The lowest BCUT2D eigenvalue weighted by atomic mass is 10.1. The summed E-state index contributed by atoms with van der Waals surface area (Å²) in [4.78, 5) is 2.09. The second kappa shape index (κ2) is 20.2. The molecule has 8 aromatic carbocycles. The van der Waals surface area contributed by atoms with Crippen molar-refractivity contribution in [3.05, 3.63) is 188 Å². The van der Waals surface area contributed by atoms with Gasteiger partial charge in [-0.2, -0.15) is 26.3 Å². The van der Waals surface area contributed by atoms with Crippen LogP contribution in [-0.2, 0) is 32.4 Å². The second-order valence-corrected chi connectivity index (χ2v) is 21.7. The third-order valence-electron chi connectivity index (χ3n) is 9.42. The maximum atomic E-state index is 12.8. The minimum absolute atomic E-state index is 0.0360. The Labute approximate surface area is 413 Å². The molecule has 6 nitrogen and oxygen atoms in total. The second-order valence-electron chi connectivity index (χ2n) is 14.1. The first-order valence-corrected chi connectivity index (χ1v) is 25.4. The molecule has 0 unspecified atom stereocenters. The van der Waals surface area contributed by atoms with Crippen LogP contribution in [0.1, 0.15) is 11.1 Å². The summed E-state index contributed by atoms with van der Waals surface area (Å²) in [6.45, 7) is 0. The SMILES string of the molecule is O=S(=O)(Nc1cc(Cl)c(Sc2ccc3ccccc3c2)c(Cl)c1)c1ccc(C(F)(F)F)cc1Cl.O=S(=O)(Nc1ccc(Sc2ccc3ccccc3c2)c(Cl)c1)c1ccc(C(F)(F)F)cc1Cl. The first kappa shape index (κ1) is 50.4. The molecule has 8 rings (SSSR count). The third kappa shape index (κ3) is 12.4. The smallest absolute Gasteiger partial charge is 0.280 e. The van der Waals surface area contributed by atoms with E-state index in [4.69, 9.17) is 58.0 Å². The fraction of sp³-hybridized carbons (Fsp3) is 0.0435. The highest BCUT2D eigenvalue weighted by Crippen LogP contribution is 2.43. The van der Waals surface area contributed by atoms with E-state index >= 15 is 0 Å². The van der Waals surface area contributed by atoms with Gasteiger partial charge in [0.05, 0.1) is 47.6 Å². The number of hydrogen-bond donors (Lipinski definition) is 2. The Hall–Kier alpha value is -4.49. The van der Waals surface area contributed by atoms with Crippen LogP contribution < -0.4 is 9.44 Å². The number of rotatable bonds is 10. The highest BCUT2D eigenvalue weighted by Gasteiger charge is 2.33. The van der Waals surface area contributed by atoms with Gasteiger partial charge in [-0.15, -0.1) is 0 Å². The van der Waals surface area contributed by atoms with E-state index in [1.165, 1.54) is 47.8 Å². The van der Waals surface area contributed by atoms with Crippen LogP contribution >= 0.6 is 81.5 Å². The number of anilines is 2. The van der Waals surface area contributed by atoms with Crippen molar-refractivity contribution in [1.82, 2.24) is 0 Å². The number of benzene rings is 8. The van der Waals surface area contributed by atoms with Crippen LogP contribution in [0.15, 0.2) is 181 Å². The number of sulfonamides is 2. The Morgan fingerprint density at radius 2 is 0.821 bits per heavy atom. The summed E-state index contributed by atoms with van der Waals surface area (Å²) in [7, 11) is -8.54. The number of fused-ring (bicyclic) bond motifs is 2. The van der Waals surface area contributed by atoms with Gasteiger partial charge in [0.1, 0.15) is 9.79 Å². The maximum absolute atomic E-state index is 12.8. The molecule has 0 amide bonds. The summed E-state index contributed by atoms with van der Waals surface area (Å²) >= 11 is 33.5. The summed E-state index contributed by atoms with van der Waals surface area (Å²) in [5.74, 6) is 0. The molecule has 8 aromatic rings. The molecule has 67 heavy (non-hydrogen) atoms. The van der Waals surface area contributed by atoms with Crippen molar-refractivity contribution in [3.8, 4) is 0 Å². The number of hydrogen-bond acceptors (Lipinski definition) is 6. The zero-order valence-electron chi connectivity index (χ0n) is 33.4. The van der Waals surface area contributed by atoms with Crippen LogP contribution in [0.5, 0.6) is 0 Å². The molecule has 346 valence electrons. The standard InChI is InChI=1S/C23H13Cl3F3NO2S2.C23H14Cl2F3NO2S2/c24-18-10-15(23(27,28)29)6-8-21(18)34(31,32)30-16-11-19(25)22(20(26)12-16)33-17-7-5-13-3-1-2-4-14(13)9-17;24-19-13-17(29-33(30,31)22-10-6-16(12-20(22)25)23(26,27)28)7-9-21(19)32-18-8-5-14-3-1-2-4-15(14)11-18/h1-12,30H;1-13,29H. The molecule has 0 bridgehead atoms. The fourth-order valence-corrected chi connectivity index (χ4v) is 12.2. The van der Waals surface area contributed by atoms with Gasteiger partial charge >= 0.3 is 12.4 Å². The van der Waals surface area contributed by atoms with Gasteiger partial charge in [-0.05, 0) is 113 Å². The minimum Gasteiger partial charge on any atom is -0.280 e. The van der Waals surface area contributed by atoms with Crippen LogP contribution in [0, 0.1) is 0 Å². The number of halogens is 11. The lowest BCUT2D eigenvalue weighted by Crippen LogP contribution is -2.14. The molecule has 0 heterocycles. The summed E-state index contributed by atoms with van der Waals surface area (Å²) in [6, 6.07) is 39.0. The Kier molecular flexibility index (Phi) is 15.2. The van der Waals surface area contributed by atoms with Gasteiger partial charge in [0, 0.05) is 19.6 Å². The minimum atomic E-state index is -4.65. The van der Waals surface area contributed by atoms with Gasteiger partial charge in [0.2, 0.25) is 0 Å². The maximum Gasteiger partial charge on any atom is 0.416 e. The molecule has 0 fully saturated rings. The van der Waals surface area contributed by atoms with E-state index in [-0.39, 0.29) is 21.4 Å². The molecule has 0 radical (unpaired) electrons. The molecule has 0 aliphatic rings. The third-order valence-corrected chi connectivity index (χ3v) is 16.6. The molecule has 21 heteroatoms. The predicted octanol–water partition coefficient (Wildman–Crippen LogP) is 16.9. The van der Waals surface area contributed by atoms with E-state index in [0.29, 0.717) is 39.1 Å². The molecule has 2 N–H and O–H groups in total. The highest BCUT2D eigenvalue weighted by molar-refractivity contribution is 7.99.